The topological polar surface area (TPSA) is 63.6 Å². The van der Waals surface area contributed by atoms with Crippen molar-refractivity contribution in [3.05, 3.63) is 12.2 Å². The maximum atomic E-state index is 12.3. The number of allylic oxidation sites excluding steroid dienone is 2. The number of hydrogen-bond acceptors (Lipinski definition) is 3. The lowest BCUT2D eigenvalue weighted by molar-refractivity contribution is -0.150. The third kappa shape index (κ3) is 31.1. The van der Waals surface area contributed by atoms with Crippen molar-refractivity contribution in [2.45, 2.75) is 200 Å². The van der Waals surface area contributed by atoms with Gasteiger partial charge in [0.2, 0.25) is 0 Å². The summed E-state index contributed by atoms with van der Waals surface area (Å²) in [6, 6.07) is 0. The molecule has 0 aliphatic rings. The van der Waals surface area contributed by atoms with Gasteiger partial charge in [0.15, 0.2) is 0 Å². The van der Waals surface area contributed by atoms with E-state index in [1.807, 2.05) is 0 Å². The number of rotatable bonds is 31. The molecule has 0 heterocycles. The second-order valence-electron chi connectivity index (χ2n) is 11.7. The minimum Gasteiger partial charge on any atom is -0.481 e. The van der Waals surface area contributed by atoms with Gasteiger partial charge in [-0.15, -0.1) is 0 Å². The van der Waals surface area contributed by atoms with Crippen LogP contribution in [0.15, 0.2) is 12.2 Å². The lowest BCUT2D eigenvalue weighted by Crippen LogP contribution is -2.18. The maximum Gasteiger partial charge on any atom is 0.306 e. The van der Waals surface area contributed by atoms with Gasteiger partial charge < -0.3 is 9.84 Å². The first-order valence-corrected chi connectivity index (χ1v) is 17.2. The zero-order valence-corrected chi connectivity index (χ0v) is 26.2. The second kappa shape index (κ2) is 31.2. The Morgan fingerprint density at radius 3 is 1.46 bits per heavy atom. The molecule has 0 aliphatic heterocycles. The van der Waals surface area contributed by atoms with Crippen LogP contribution >= 0.6 is 0 Å². The molecular formula is C35H66O4. The van der Waals surface area contributed by atoms with E-state index in [1.165, 1.54) is 116 Å². The maximum absolute atomic E-state index is 12.3. The summed E-state index contributed by atoms with van der Waals surface area (Å²) in [7, 11) is 0. The third-order valence-corrected chi connectivity index (χ3v) is 7.72. The molecule has 0 aromatic heterocycles. The predicted octanol–water partition coefficient (Wildman–Crippen LogP) is 11.5. The Morgan fingerprint density at radius 1 is 0.538 bits per heavy atom. The third-order valence-electron chi connectivity index (χ3n) is 7.72. The number of ether oxygens (including phenoxy) is 1. The molecule has 39 heavy (non-hydrogen) atoms. The van der Waals surface area contributed by atoms with E-state index < -0.39 is 5.97 Å². The zero-order valence-electron chi connectivity index (χ0n) is 26.2. The van der Waals surface area contributed by atoms with E-state index in [0.717, 1.165) is 51.4 Å². The molecule has 0 bridgehead atoms. The molecule has 0 radical (unpaired) electrons. The lowest BCUT2D eigenvalue weighted by Gasteiger charge is -2.17. The van der Waals surface area contributed by atoms with Crippen LogP contribution in [0.5, 0.6) is 0 Å². The molecule has 0 spiro atoms. The van der Waals surface area contributed by atoms with Gasteiger partial charge in [-0.3, -0.25) is 9.59 Å². The van der Waals surface area contributed by atoms with Crippen LogP contribution in [0.4, 0.5) is 0 Å². The molecule has 4 nitrogen and oxygen atoms in total. The summed E-state index contributed by atoms with van der Waals surface area (Å²) < 4.78 is 5.84. The Kier molecular flexibility index (Phi) is 30.2. The van der Waals surface area contributed by atoms with Crippen LogP contribution < -0.4 is 0 Å². The van der Waals surface area contributed by atoms with Gasteiger partial charge >= 0.3 is 11.9 Å². The van der Waals surface area contributed by atoms with Crippen molar-refractivity contribution in [1.29, 1.82) is 0 Å². The SMILES string of the molecule is CCCCCC/C=C\CCCCCCCCC(=O)OC(CCC)CCCCCCCCCCCCCC(=O)O. The Hall–Kier alpha value is -1.32. The van der Waals surface area contributed by atoms with Gasteiger partial charge in [0.25, 0.3) is 0 Å². The van der Waals surface area contributed by atoms with Crippen LogP contribution in [0.25, 0.3) is 0 Å². The lowest BCUT2D eigenvalue weighted by atomic mass is 10.0. The molecule has 0 fully saturated rings. The van der Waals surface area contributed by atoms with Crippen molar-refractivity contribution in [1.82, 2.24) is 0 Å². The van der Waals surface area contributed by atoms with Crippen LogP contribution in [0.1, 0.15) is 194 Å². The summed E-state index contributed by atoms with van der Waals surface area (Å²) in [5, 5.41) is 8.65. The van der Waals surface area contributed by atoms with Crippen molar-refractivity contribution >= 4 is 11.9 Å². The fourth-order valence-electron chi connectivity index (χ4n) is 5.23. The number of hydrogen-bond donors (Lipinski definition) is 1. The highest BCUT2D eigenvalue weighted by Gasteiger charge is 2.13. The van der Waals surface area contributed by atoms with Gasteiger partial charge in [-0.25, -0.2) is 0 Å². The molecule has 0 aromatic rings. The summed E-state index contributed by atoms with van der Waals surface area (Å²) >= 11 is 0. The van der Waals surface area contributed by atoms with Gasteiger partial charge in [-0.05, 0) is 57.8 Å². The molecule has 0 saturated carbocycles. The van der Waals surface area contributed by atoms with Crippen molar-refractivity contribution in [2.24, 2.45) is 0 Å². The number of carbonyl (C=O) groups is 2. The van der Waals surface area contributed by atoms with E-state index in [9.17, 15) is 9.59 Å². The zero-order chi connectivity index (χ0) is 28.7. The molecule has 0 amide bonds. The Labute approximate surface area is 243 Å². The smallest absolute Gasteiger partial charge is 0.306 e. The fourth-order valence-corrected chi connectivity index (χ4v) is 5.23. The molecule has 1 N–H and O–H groups in total. The first-order chi connectivity index (χ1) is 19.1. The molecule has 1 unspecified atom stereocenters. The number of carbonyl (C=O) groups excluding carboxylic acids is 1. The van der Waals surface area contributed by atoms with E-state index in [-0.39, 0.29) is 12.1 Å². The highest BCUT2D eigenvalue weighted by molar-refractivity contribution is 5.69. The fraction of sp³-hybridized carbons (Fsp3) is 0.886. The first-order valence-electron chi connectivity index (χ1n) is 17.2. The summed E-state index contributed by atoms with van der Waals surface area (Å²) in [6.45, 7) is 4.44. The monoisotopic (exact) mass is 550 g/mol. The quantitative estimate of drug-likeness (QED) is 0.0529. The van der Waals surface area contributed by atoms with Crippen LogP contribution in [0.2, 0.25) is 0 Å². The first kappa shape index (κ1) is 37.7. The standard InChI is InChI=1S/C35H66O4/c1-3-5-6-7-8-9-10-11-12-16-19-22-25-28-32-35(38)39-33(29-4-2)30-26-23-20-17-14-13-15-18-21-24-27-31-34(36)37/h9-10,33H,3-8,11-32H2,1-2H3,(H,36,37)/b10-9-. The Bertz CT molecular complexity index is 557. The summed E-state index contributed by atoms with van der Waals surface area (Å²) in [4.78, 5) is 22.8. The van der Waals surface area contributed by atoms with E-state index in [2.05, 4.69) is 26.0 Å². The minimum absolute atomic E-state index is 0.0143. The van der Waals surface area contributed by atoms with Gasteiger partial charge in [0, 0.05) is 12.8 Å². The van der Waals surface area contributed by atoms with Crippen LogP contribution in [0.3, 0.4) is 0 Å². The minimum atomic E-state index is -0.673. The van der Waals surface area contributed by atoms with E-state index in [4.69, 9.17) is 9.84 Å². The highest BCUT2D eigenvalue weighted by atomic mass is 16.5. The van der Waals surface area contributed by atoms with Crippen molar-refractivity contribution in [3.8, 4) is 0 Å². The predicted molar refractivity (Wildman–Crippen MR) is 167 cm³/mol. The van der Waals surface area contributed by atoms with Crippen LogP contribution in [-0.4, -0.2) is 23.1 Å². The Morgan fingerprint density at radius 2 is 0.974 bits per heavy atom. The highest BCUT2D eigenvalue weighted by Crippen LogP contribution is 2.17. The van der Waals surface area contributed by atoms with E-state index >= 15 is 0 Å². The van der Waals surface area contributed by atoms with Gasteiger partial charge in [0.05, 0.1) is 0 Å². The second-order valence-corrected chi connectivity index (χ2v) is 11.7. The average molecular weight is 551 g/mol. The summed E-state index contributed by atoms with van der Waals surface area (Å²) in [5.41, 5.74) is 0. The van der Waals surface area contributed by atoms with E-state index in [0.29, 0.717) is 12.8 Å². The number of unbranched alkanes of at least 4 members (excludes halogenated alkanes) is 20. The molecule has 0 rings (SSSR count). The van der Waals surface area contributed by atoms with Crippen molar-refractivity contribution in [2.75, 3.05) is 0 Å². The van der Waals surface area contributed by atoms with Gasteiger partial charge in [-0.1, -0.05) is 135 Å². The number of carboxylic acids is 1. The summed E-state index contributed by atoms with van der Waals surface area (Å²) in [6.07, 6.45) is 37.1. The molecule has 0 aromatic carbocycles. The normalized spacial score (nSPS) is 12.3. The van der Waals surface area contributed by atoms with E-state index in [1.54, 1.807) is 0 Å². The molecule has 4 heteroatoms. The molecule has 0 aliphatic carbocycles. The van der Waals surface area contributed by atoms with Gasteiger partial charge in [-0.2, -0.15) is 0 Å². The average Bonchev–Trinajstić information content (AvgIpc) is 2.91. The molecule has 230 valence electrons. The summed E-state index contributed by atoms with van der Waals surface area (Å²) in [5.74, 6) is -0.659. The molecular weight excluding hydrogens is 484 g/mol. The number of esters is 1. The van der Waals surface area contributed by atoms with Crippen molar-refractivity contribution in [3.63, 3.8) is 0 Å². The molecule has 1 atom stereocenters. The van der Waals surface area contributed by atoms with Gasteiger partial charge in [0.1, 0.15) is 6.10 Å². The largest absolute Gasteiger partial charge is 0.481 e. The number of carboxylic acid groups (broad SMARTS) is 1. The van der Waals surface area contributed by atoms with Crippen molar-refractivity contribution < 1.29 is 19.4 Å². The van der Waals surface area contributed by atoms with Crippen LogP contribution in [0, 0.1) is 0 Å². The number of aliphatic carboxylic acids is 1. The molecule has 0 saturated heterocycles. The van der Waals surface area contributed by atoms with Crippen LogP contribution in [-0.2, 0) is 14.3 Å². The Balaban J connectivity index is 3.56.